The molecule has 0 aliphatic carbocycles. The van der Waals surface area contributed by atoms with Crippen molar-refractivity contribution >= 4 is 11.7 Å². The first-order valence-corrected chi connectivity index (χ1v) is 7.65. The topological polar surface area (TPSA) is 62.5 Å². The maximum atomic E-state index is 14.0. The van der Waals surface area contributed by atoms with Gasteiger partial charge in [-0.1, -0.05) is 6.07 Å². The van der Waals surface area contributed by atoms with Gasteiger partial charge in [-0.25, -0.2) is 18.7 Å². The number of carbonyl (C=O) groups is 1. The average molecular weight is 345 g/mol. The normalized spacial score (nSPS) is 12.5. The van der Waals surface area contributed by atoms with Crippen molar-refractivity contribution in [2.45, 2.75) is 6.04 Å². The van der Waals surface area contributed by atoms with Gasteiger partial charge in [-0.15, -0.1) is 0 Å². The molecule has 0 saturated carbocycles. The lowest BCUT2D eigenvalue weighted by atomic mass is 10.0. The highest BCUT2D eigenvalue weighted by Gasteiger charge is 2.23. The molecule has 25 heavy (non-hydrogen) atoms. The zero-order valence-corrected chi connectivity index (χ0v) is 13.8. The highest BCUT2D eigenvalue weighted by molar-refractivity contribution is 5.92. The molecule has 2 heterocycles. The van der Waals surface area contributed by atoms with Crippen LogP contribution in [0, 0.1) is 11.6 Å². The van der Waals surface area contributed by atoms with Crippen molar-refractivity contribution in [3.8, 4) is 0 Å². The summed E-state index contributed by atoms with van der Waals surface area (Å²) in [5, 5.41) is 2.68. The summed E-state index contributed by atoms with van der Waals surface area (Å²) in [6, 6.07) is 4.78. The largest absolute Gasteiger partial charge is 0.349 e. The Morgan fingerprint density at radius 1 is 1.28 bits per heavy atom. The van der Waals surface area contributed by atoms with Gasteiger partial charge in [0.15, 0.2) is 0 Å². The Labute approximate surface area is 143 Å². The zero-order chi connectivity index (χ0) is 18.0. The minimum Gasteiger partial charge on any atom is -0.349 e. The zero-order valence-electron chi connectivity index (χ0n) is 13.8. The van der Waals surface area contributed by atoms with Crippen LogP contribution in [0.25, 0.3) is 5.78 Å². The number of halogens is 2. The van der Waals surface area contributed by atoms with E-state index in [4.69, 9.17) is 0 Å². The number of benzene rings is 1. The monoisotopic (exact) mass is 345 g/mol. The molecule has 0 bridgehead atoms. The second-order valence-electron chi connectivity index (χ2n) is 5.78. The number of likely N-dealkylation sites (N-methyl/N-ethyl adjacent to an activating group) is 1. The molecule has 0 spiro atoms. The molecule has 3 rings (SSSR count). The van der Waals surface area contributed by atoms with Gasteiger partial charge in [-0.3, -0.25) is 9.20 Å². The van der Waals surface area contributed by atoms with Crippen molar-refractivity contribution in [2.75, 3.05) is 20.6 Å². The summed E-state index contributed by atoms with van der Waals surface area (Å²) in [6.45, 7) is 0.0327. The third kappa shape index (κ3) is 3.48. The van der Waals surface area contributed by atoms with Gasteiger partial charge in [0.05, 0.1) is 6.04 Å². The summed E-state index contributed by atoms with van der Waals surface area (Å²) in [7, 11) is 3.38. The van der Waals surface area contributed by atoms with Crippen LogP contribution in [-0.2, 0) is 0 Å². The Hall–Kier alpha value is -2.87. The number of imidazole rings is 1. The number of aromatic nitrogens is 3. The third-order valence-electron chi connectivity index (χ3n) is 3.88. The van der Waals surface area contributed by atoms with Gasteiger partial charge in [0.1, 0.15) is 17.3 Å². The summed E-state index contributed by atoms with van der Waals surface area (Å²) >= 11 is 0. The smallest absolute Gasteiger partial charge is 0.271 e. The van der Waals surface area contributed by atoms with E-state index in [0.29, 0.717) is 5.78 Å². The Bertz CT molecular complexity index is 856. The summed E-state index contributed by atoms with van der Waals surface area (Å²) in [5.74, 6) is -1.33. The van der Waals surface area contributed by atoms with E-state index in [9.17, 15) is 13.6 Å². The molecule has 1 aromatic carbocycles. The molecule has 3 aromatic rings. The number of nitrogens with one attached hydrogen (secondary N) is 1. The van der Waals surface area contributed by atoms with Crippen LogP contribution in [0.4, 0.5) is 8.78 Å². The molecule has 0 aliphatic heterocycles. The van der Waals surface area contributed by atoms with Crippen LogP contribution < -0.4 is 5.32 Å². The lowest BCUT2D eigenvalue weighted by Crippen LogP contribution is -2.35. The molecular weight excluding hydrogens is 328 g/mol. The van der Waals surface area contributed by atoms with E-state index in [0.717, 1.165) is 0 Å². The molecule has 1 atom stereocenters. The second kappa shape index (κ2) is 6.94. The Kier molecular flexibility index (Phi) is 4.71. The van der Waals surface area contributed by atoms with Crippen LogP contribution in [0.3, 0.4) is 0 Å². The molecule has 0 unspecified atom stereocenters. The lowest BCUT2D eigenvalue weighted by Gasteiger charge is -2.25. The maximum Gasteiger partial charge on any atom is 0.271 e. The molecule has 0 saturated heterocycles. The number of rotatable bonds is 5. The molecule has 130 valence electrons. The average Bonchev–Trinajstić information content (AvgIpc) is 3.01. The third-order valence-corrected chi connectivity index (χ3v) is 3.88. The van der Waals surface area contributed by atoms with E-state index < -0.39 is 23.6 Å². The summed E-state index contributed by atoms with van der Waals surface area (Å²) in [5.41, 5.74) is 0.106. The molecule has 1 amide bonds. The molecule has 8 heteroatoms. The molecule has 2 aromatic heterocycles. The first kappa shape index (κ1) is 17.0. The molecule has 0 aliphatic rings. The predicted octanol–water partition coefficient (Wildman–Crippen LogP) is 2.04. The fourth-order valence-corrected chi connectivity index (χ4v) is 2.59. The number of nitrogens with zero attached hydrogens (tertiary/aromatic N) is 4. The van der Waals surface area contributed by atoms with E-state index in [-0.39, 0.29) is 17.8 Å². The predicted molar refractivity (Wildman–Crippen MR) is 88.1 cm³/mol. The fraction of sp³-hybridized carbons (Fsp3) is 0.235. The summed E-state index contributed by atoms with van der Waals surface area (Å²) in [4.78, 5) is 22.1. The summed E-state index contributed by atoms with van der Waals surface area (Å²) < 4.78 is 29.7. The number of hydrogen-bond acceptors (Lipinski definition) is 4. The quantitative estimate of drug-likeness (QED) is 0.769. The Morgan fingerprint density at radius 2 is 2.00 bits per heavy atom. The summed E-state index contributed by atoms with van der Waals surface area (Å²) in [6.07, 6.45) is 4.85. The maximum absolute atomic E-state index is 14.0. The van der Waals surface area contributed by atoms with E-state index in [1.54, 1.807) is 48.1 Å². The van der Waals surface area contributed by atoms with Crippen molar-refractivity contribution < 1.29 is 13.6 Å². The Balaban J connectivity index is 1.78. The van der Waals surface area contributed by atoms with Crippen LogP contribution in [-0.4, -0.2) is 45.8 Å². The highest BCUT2D eigenvalue weighted by Crippen LogP contribution is 2.24. The minimum atomic E-state index is -0.652. The van der Waals surface area contributed by atoms with Crippen LogP contribution in [0.1, 0.15) is 22.1 Å². The van der Waals surface area contributed by atoms with Gasteiger partial charge in [-0.05, 0) is 32.3 Å². The van der Waals surface area contributed by atoms with Gasteiger partial charge in [0.2, 0.25) is 5.78 Å². The molecular formula is C17H17F2N5O. The number of hydrogen-bond donors (Lipinski definition) is 1. The number of fused-ring (bicyclic) bond motifs is 1. The van der Waals surface area contributed by atoms with Crippen LogP contribution in [0.2, 0.25) is 0 Å². The van der Waals surface area contributed by atoms with E-state index in [2.05, 4.69) is 15.3 Å². The standard InChI is InChI=1S/C17H17F2N5O/c1-23(2)14(15-11(18)5-3-6-12(15)19)9-21-16(25)13-10-24-8-4-7-20-17(24)22-13/h3-8,10,14H,9H2,1-2H3,(H,21,25)/t14-/m0/s1. The molecule has 0 fully saturated rings. The lowest BCUT2D eigenvalue weighted by molar-refractivity contribution is 0.0936. The number of amides is 1. The van der Waals surface area contributed by atoms with Gasteiger partial charge in [0, 0.05) is 30.7 Å². The molecule has 6 nitrogen and oxygen atoms in total. The molecule has 1 N–H and O–H groups in total. The number of carbonyl (C=O) groups excluding carboxylic acids is 1. The minimum absolute atomic E-state index is 0.0327. The molecule has 0 radical (unpaired) electrons. The van der Waals surface area contributed by atoms with Crippen LogP contribution in [0.5, 0.6) is 0 Å². The van der Waals surface area contributed by atoms with Gasteiger partial charge < -0.3 is 10.2 Å². The fourth-order valence-electron chi connectivity index (χ4n) is 2.59. The van der Waals surface area contributed by atoms with Crippen molar-refractivity contribution in [2.24, 2.45) is 0 Å². The Morgan fingerprint density at radius 3 is 2.64 bits per heavy atom. The van der Waals surface area contributed by atoms with Crippen molar-refractivity contribution in [3.05, 3.63) is 65.7 Å². The van der Waals surface area contributed by atoms with Gasteiger partial charge >= 0.3 is 0 Å². The van der Waals surface area contributed by atoms with Crippen LogP contribution >= 0.6 is 0 Å². The van der Waals surface area contributed by atoms with E-state index >= 15 is 0 Å². The van der Waals surface area contributed by atoms with Gasteiger partial charge in [0.25, 0.3) is 5.91 Å². The van der Waals surface area contributed by atoms with Gasteiger partial charge in [-0.2, -0.15) is 0 Å². The van der Waals surface area contributed by atoms with Crippen molar-refractivity contribution in [1.29, 1.82) is 0 Å². The van der Waals surface area contributed by atoms with E-state index in [1.807, 2.05) is 0 Å². The second-order valence-corrected chi connectivity index (χ2v) is 5.78. The van der Waals surface area contributed by atoms with Crippen LogP contribution in [0.15, 0.2) is 42.9 Å². The van der Waals surface area contributed by atoms with E-state index in [1.165, 1.54) is 18.2 Å². The first-order chi connectivity index (χ1) is 12.0. The first-order valence-electron chi connectivity index (χ1n) is 7.65. The van der Waals surface area contributed by atoms with Crippen molar-refractivity contribution in [1.82, 2.24) is 24.6 Å². The van der Waals surface area contributed by atoms with Crippen molar-refractivity contribution in [3.63, 3.8) is 0 Å². The highest BCUT2D eigenvalue weighted by atomic mass is 19.1. The SMILES string of the molecule is CN(C)[C@@H](CNC(=O)c1cn2cccnc2n1)c1c(F)cccc1F.